The average molecular weight is 543 g/mol. The molecule has 1 saturated heterocycles. The molecule has 0 aliphatic carbocycles. The molecule has 2 unspecified atom stereocenters. The molecule has 5 rings (SSSR count). The number of benzene rings is 2. The van der Waals surface area contributed by atoms with Crippen LogP contribution < -0.4 is 5.01 Å². The van der Waals surface area contributed by atoms with Gasteiger partial charge in [0.1, 0.15) is 11.6 Å². The number of furan rings is 1. The Balaban J connectivity index is 1.45. The SMILES string of the molecule is CC1CN(S(=O)(=O)c2ccc(C(=O)N(/N=C/c3ccco3)c3nc4ccc(F)cc4s3)cc2)CC(C)O1. The van der Waals surface area contributed by atoms with Crippen molar-refractivity contribution >= 4 is 48.8 Å². The Hall–Kier alpha value is -3.45. The molecule has 0 radical (unpaired) electrons. The van der Waals surface area contributed by atoms with Crippen molar-refractivity contribution in [1.29, 1.82) is 0 Å². The molecule has 2 aromatic heterocycles. The third kappa shape index (κ3) is 5.32. The van der Waals surface area contributed by atoms with E-state index < -0.39 is 21.7 Å². The van der Waals surface area contributed by atoms with Gasteiger partial charge in [0.25, 0.3) is 5.91 Å². The van der Waals surface area contributed by atoms with Crippen LogP contribution in [0.25, 0.3) is 10.2 Å². The zero-order chi connectivity index (χ0) is 26.2. The number of aromatic nitrogens is 1. The van der Waals surface area contributed by atoms with Crippen LogP contribution >= 0.6 is 11.3 Å². The maximum absolute atomic E-state index is 13.7. The molecule has 37 heavy (non-hydrogen) atoms. The Morgan fingerprint density at radius 3 is 2.57 bits per heavy atom. The van der Waals surface area contributed by atoms with Gasteiger partial charge in [0.15, 0.2) is 0 Å². The Morgan fingerprint density at radius 1 is 1.16 bits per heavy atom. The summed E-state index contributed by atoms with van der Waals surface area (Å²) in [7, 11) is -3.76. The number of rotatable bonds is 6. The van der Waals surface area contributed by atoms with Gasteiger partial charge in [-0.2, -0.15) is 14.4 Å². The number of ether oxygens (including phenoxy) is 1. The molecule has 2 atom stereocenters. The zero-order valence-corrected chi connectivity index (χ0v) is 21.6. The van der Waals surface area contributed by atoms with Crippen LogP contribution in [0.5, 0.6) is 0 Å². The van der Waals surface area contributed by atoms with Crippen molar-refractivity contribution in [2.24, 2.45) is 5.10 Å². The first kappa shape index (κ1) is 25.2. The maximum atomic E-state index is 13.7. The fraction of sp³-hybridized carbons (Fsp3) is 0.240. The van der Waals surface area contributed by atoms with Crippen LogP contribution in [-0.4, -0.2) is 55.1 Å². The molecule has 1 amide bonds. The number of hydrazone groups is 1. The standard InChI is InChI=1S/C25H23FN4O5S2/c1-16-14-29(15-17(2)35-16)37(32,33)21-8-5-18(6-9-21)24(31)30(27-13-20-4-3-11-34-20)25-28-22-10-7-19(26)12-23(22)36-25/h3-13,16-17H,14-15H2,1-2H3/b27-13+. The zero-order valence-electron chi connectivity index (χ0n) is 19.9. The molecule has 1 fully saturated rings. The minimum absolute atomic E-state index is 0.0754. The molecule has 1 aliphatic heterocycles. The number of amides is 1. The van der Waals surface area contributed by atoms with Crippen molar-refractivity contribution in [3.63, 3.8) is 0 Å². The summed E-state index contributed by atoms with van der Waals surface area (Å²) >= 11 is 1.10. The lowest BCUT2D eigenvalue weighted by atomic mass is 10.2. The molecule has 4 aromatic rings. The van der Waals surface area contributed by atoms with E-state index in [1.54, 1.807) is 12.1 Å². The molecule has 0 spiro atoms. The molecular formula is C25H23FN4O5S2. The van der Waals surface area contributed by atoms with Crippen molar-refractivity contribution in [2.75, 3.05) is 18.1 Å². The van der Waals surface area contributed by atoms with E-state index in [1.165, 1.54) is 59.2 Å². The lowest BCUT2D eigenvalue weighted by molar-refractivity contribution is -0.0440. The number of thiazole rings is 1. The summed E-state index contributed by atoms with van der Waals surface area (Å²) in [5.41, 5.74) is 0.715. The second-order valence-corrected chi connectivity index (χ2v) is 11.5. The number of nitrogens with zero attached hydrogens (tertiary/aromatic N) is 4. The lowest BCUT2D eigenvalue weighted by Crippen LogP contribution is -2.48. The molecule has 12 heteroatoms. The summed E-state index contributed by atoms with van der Waals surface area (Å²) in [6, 6.07) is 13.2. The van der Waals surface area contributed by atoms with E-state index in [-0.39, 0.29) is 40.9 Å². The highest BCUT2D eigenvalue weighted by atomic mass is 32.2. The van der Waals surface area contributed by atoms with Gasteiger partial charge in [-0.1, -0.05) is 11.3 Å². The predicted molar refractivity (Wildman–Crippen MR) is 138 cm³/mol. The molecule has 0 bridgehead atoms. The largest absolute Gasteiger partial charge is 0.463 e. The monoisotopic (exact) mass is 542 g/mol. The minimum atomic E-state index is -3.76. The Bertz CT molecular complexity index is 1540. The fourth-order valence-electron chi connectivity index (χ4n) is 4.01. The highest BCUT2D eigenvalue weighted by molar-refractivity contribution is 7.89. The Labute approximate surface area is 216 Å². The van der Waals surface area contributed by atoms with Gasteiger partial charge >= 0.3 is 0 Å². The third-order valence-electron chi connectivity index (χ3n) is 5.68. The molecule has 9 nitrogen and oxygen atoms in total. The highest BCUT2D eigenvalue weighted by Crippen LogP contribution is 2.31. The number of hydrogen-bond donors (Lipinski definition) is 0. The van der Waals surface area contributed by atoms with Gasteiger partial charge in [-0.05, 0) is 68.4 Å². The first-order valence-corrected chi connectivity index (χ1v) is 13.7. The van der Waals surface area contributed by atoms with Crippen molar-refractivity contribution in [3.8, 4) is 0 Å². The molecule has 0 saturated carbocycles. The summed E-state index contributed by atoms with van der Waals surface area (Å²) in [6.07, 6.45) is 2.40. The summed E-state index contributed by atoms with van der Waals surface area (Å²) in [5.74, 6) is -0.541. The first-order valence-electron chi connectivity index (χ1n) is 11.4. The molecule has 3 heterocycles. The maximum Gasteiger partial charge on any atom is 0.280 e. The number of morpholine rings is 1. The van der Waals surface area contributed by atoms with E-state index in [1.807, 2.05) is 13.8 Å². The normalized spacial score (nSPS) is 19.0. The van der Waals surface area contributed by atoms with Crippen LogP contribution in [-0.2, 0) is 14.8 Å². The van der Waals surface area contributed by atoms with E-state index in [0.717, 1.165) is 16.3 Å². The van der Waals surface area contributed by atoms with Crippen LogP contribution in [0.4, 0.5) is 9.52 Å². The number of fused-ring (bicyclic) bond motifs is 1. The minimum Gasteiger partial charge on any atom is -0.463 e. The Morgan fingerprint density at radius 2 is 1.89 bits per heavy atom. The molecule has 2 aromatic carbocycles. The van der Waals surface area contributed by atoms with Gasteiger partial charge in [-0.25, -0.2) is 17.8 Å². The summed E-state index contributed by atoms with van der Waals surface area (Å²) < 4.78 is 52.9. The number of anilines is 1. The van der Waals surface area contributed by atoms with Gasteiger partial charge in [-0.3, -0.25) is 4.79 Å². The molecule has 192 valence electrons. The summed E-state index contributed by atoms with van der Waals surface area (Å²) in [4.78, 5) is 18.0. The van der Waals surface area contributed by atoms with Gasteiger partial charge < -0.3 is 9.15 Å². The van der Waals surface area contributed by atoms with Crippen molar-refractivity contribution < 1.29 is 26.8 Å². The predicted octanol–water partition coefficient (Wildman–Crippen LogP) is 4.51. The topological polar surface area (TPSA) is 105 Å². The van der Waals surface area contributed by atoms with Crippen LogP contribution in [0.1, 0.15) is 30.0 Å². The fourth-order valence-corrected chi connectivity index (χ4v) is 6.55. The summed E-state index contributed by atoms with van der Waals surface area (Å²) in [6.45, 7) is 4.16. The van der Waals surface area contributed by atoms with E-state index >= 15 is 0 Å². The highest BCUT2D eigenvalue weighted by Gasteiger charge is 2.32. The van der Waals surface area contributed by atoms with Crippen LogP contribution in [0.3, 0.4) is 0 Å². The second-order valence-electron chi connectivity index (χ2n) is 8.59. The molecule has 0 N–H and O–H groups in total. The van der Waals surface area contributed by atoms with Crippen LogP contribution in [0.2, 0.25) is 0 Å². The average Bonchev–Trinajstić information content (AvgIpc) is 3.53. The van der Waals surface area contributed by atoms with Gasteiger partial charge in [0.2, 0.25) is 15.2 Å². The van der Waals surface area contributed by atoms with E-state index in [4.69, 9.17) is 9.15 Å². The van der Waals surface area contributed by atoms with Gasteiger partial charge in [0, 0.05) is 18.7 Å². The number of halogens is 1. The van der Waals surface area contributed by atoms with Gasteiger partial charge in [0.05, 0.1) is 39.8 Å². The van der Waals surface area contributed by atoms with Crippen LogP contribution in [0.15, 0.2) is 75.3 Å². The van der Waals surface area contributed by atoms with E-state index in [9.17, 15) is 17.6 Å². The Kier molecular flexibility index (Phi) is 6.90. The van der Waals surface area contributed by atoms with Crippen LogP contribution in [0, 0.1) is 5.82 Å². The lowest BCUT2D eigenvalue weighted by Gasteiger charge is -2.34. The first-order chi connectivity index (χ1) is 17.7. The van der Waals surface area contributed by atoms with Gasteiger partial charge in [-0.15, -0.1) is 0 Å². The third-order valence-corrected chi connectivity index (χ3v) is 8.52. The van der Waals surface area contributed by atoms with E-state index in [2.05, 4.69) is 10.1 Å². The number of carbonyl (C=O) groups excluding carboxylic acids is 1. The number of carbonyl (C=O) groups is 1. The second kappa shape index (κ2) is 10.1. The van der Waals surface area contributed by atoms with Crippen molar-refractivity contribution in [2.45, 2.75) is 31.0 Å². The molecule has 1 aliphatic rings. The quantitative estimate of drug-likeness (QED) is 0.262. The van der Waals surface area contributed by atoms with Crippen molar-refractivity contribution in [3.05, 3.63) is 78.0 Å². The smallest absolute Gasteiger partial charge is 0.280 e. The number of sulfonamides is 1. The van der Waals surface area contributed by atoms with E-state index in [0.29, 0.717) is 16.0 Å². The summed E-state index contributed by atoms with van der Waals surface area (Å²) in [5, 5.41) is 5.58. The number of hydrogen-bond acceptors (Lipinski definition) is 8. The molecular weight excluding hydrogens is 519 g/mol. The van der Waals surface area contributed by atoms with Crippen molar-refractivity contribution in [1.82, 2.24) is 9.29 Å².